The maximum Gasteiger partial charge on any atom is 0.306 e. The summed E-state index contributed by atoms with van der Waals surface area (Å²) in [6.07, 6.45) is 93.7. The standard InChI is InChI=1S/C77H138O6/c1-4-7-10-13-16-19-22-25-28-30-32-33-34-35-36-37-38-39-40-41-42-43-45-46-49-52-55-58-61-64-67-70-76(79)82-73-74(72-81-75(78)69-66-63-60-57-54-51-48-27-24-21-18-15-12-9-6-3)83-77(80)71-68-65-62-59-56-53-50-47-44-31-29-26-23-20-17-14-11-8-5-2/h9,12,18,21-22,25-27,29-30,32,48,74H,4-8,10-11,13-17,19-20,23-24,28,31,33-47,49-73H2,1-3H3/b12-9-,21-18-,25-22-,29-26-,32-30-,48-27-. The Morgan fingerprint density at radius 3 is 0.747 bits per heavy atom. The van der Waals surface area contributed by atoms with Crippen molar-refractivity contribution in [1.29, 1.82) is 0 Å². The second-order valence-electron chi connectivity index (χ2n) is 24.5. The van der Waals surface area contributed by atoms with Crippen LogP contribution in [0.2, 0.25) is 0 Å². The zero-order valence-corrected chi connectivity index (χ0v) is 55.5. The molecule has 0 rings (SSSR count). The average Bonchev–Trinajstić information content (AvgIpc) is 3.50. The molecule has 0 aliphatic rings. The first-order valence-corrected chi connectivity index (χ1v) is 36.4. The molecular weight excluding hydrogens is 1020 g/mol. The van der Waals surface area contributed by atoms with Gasteiger partial charge in [0.25, 0.3) is 0 Å². The van der Waals surface area contributed by atoms with Crippen molar-refractivity contribution in [2.45, 2.75) is 386 Å². The molecule has 0 aromatic rings. The Bertz CT molecular complexity index is 1520. The molecule has 0 N–H and O–H groups in total. The number of ether oxygens (including phenoxy) is 3. The molecular formula is C77H138O6. The van der Waals surface area contributed by atoms with E-state index in [0.29, 0.717) is 19.3 Å². The Balaban J connectivity index is 4.22. The molecule has 0 fully saturated rings. The summed E-state index contributed by atoms with van der Waals surface area (Å²) in [5.41, 5.74) is 0. The van der Waals surface area contributed by atoms with Crippen LogP contribution < -0.4 is 0 Å². The molecule has 482 valence electrons. The van der Waals surface area contributed by atoms with Crippen molar-refractivity contribution >= 4 is 17.9 Å². The van der Waals surface area contributed by atoms with Crippen molar-refractivity contribution in [3.8, 4) is 0 Å². The number of allylic oxidation sites excluding steroid dienone is 12. The molecule has 0 saturated heterocycles. The summed E-state index contributed by atoms with van der Waals surface area (Å²) in [5, 5.41) is 0. The first-order valence-electron chi connectivity index (χ1n) is 36.4. The van der Waals surface area contributed by atoms with Crippen LogP contribution in [0.4, 0.5) is 0 Å². The van der Waals surface area contributed by atoms with Gasteiger partial charge in [0.15, 0.2) is 6.10 Å². The fraction of sp³-hybridized carbons (Fsp3) is 0.805. The van der Waals surface area contributed by atoms with Crippen LogP contribution in [0.5, 0.6) is 0 Å². The molecule has 0 bridgehead atoms. The molecule has 0 aliphatic heterocycles. The highest BCUT2D eigenvalue weighted by molar-refractivity contribution is 5.71. The number of hydrogen-bond acceptors (Lipinski definition) is 6. The summed E-state index contributed by atoms with van der Waals surface area (Å²) in [6.45, 7) is 6.55. The molecule has 0 radical (unpaired) electrons. The molecule has 1 unspecified atom stereocenters. The van der Waals surface area contributed by atoms with Gasteiger partial charge in [-0.1, -0.05) is 325 Å². The van der Waals surface area contributed by atoms with Crippen LogP contribution in [0.1, 0.15) is 380 Å². The van der Waals surface area contributed by atoms with Crippen molar-refractivity contribution in [2.24, 2.45) is 0 Å². The first kappa shape index (κ1) is 79.8. The lowest BCUT2D eigenvalue weighted by atomic mass is 10.0. The van der Waals surface area contributed by atoms with Crippen molar-refractivity contribution in [1.82, 2.24) is 0 Å². The van der Waals surface area contributed by atoms with Gasteiger partial charge in [-0.15, -0.1) is 0 Å². The van der Waals surface area contributed by atoms with Gasteiger partial charge in [0.2, 0.25) is 0 Å². The van der Waals surface area contributed by atoms with E-state index in [0.717, 1.165) is 103 Å². The van der Waals surface area contributed by atoms with Gasteiger partial charge >= 0.3 is 17.9 Å². The lowest BCUT2D eigenvalue weighted by molar-refractivity contribution is -0.167. The number of carbonyl (C=O) groups excluding carboxylic acids is 3. The molecule has 0 saturated carbocycles. The Morgan fingerprint density at radius 1 is 0.253 bits per heavy atom. The minimum absolute atomic E-state index is 0.0782. The quantitative estimate of drug-likeness (QED) is 0.0261. The average molecular weight is 1160 g/mol. The van der Waals surface area contributed by atoms with Crippen LogP contribution in [0, 0.1) is 0 Å². The zero-order chi connectivity index (χ0) is 59.9. The van der Waals surface area contributed by atoms with Gasteiger partial charge in [-0.3, -0.25) is 14.4 Å². The lowest BCUT2D eigenvalue weighted by Crippen LogP contribution is -2.30. The van der Waals surface area contributed by atoms with Gasteiger partial charge in [0, 0.05) is 19.3 Å². The van der Waals surface area contributed by atoms with E-state index >= 15 is 0 Å². The second kappa shape index (κ2) is 71.3. The molecule has 6 heteroatoms. The molecule has 0 amide bonds. The van der Waals surface area contributed by atoms with Crippen LogP contribution in [0.25, 0.3) is 0 Å². The number of esters is 3. The Hall–Kier alpha value is -3.15. The highest BCUT2D eigenvalue weighted by Crippen LogP contribution is 2.18. The van der Waals surface area contributed by atoms with Gasteiger partial charge in [0.05, 0.1) is 0 Å². The molecule has 0 aromatic carbocycles. The first-order chi connectivity index (χ1) is 41.0. The van der Waals surface area contributed by atoms with Crippen molar-refractivity contribution in [3.63, 3.8) is 0 Å². The predicted octanol–water partition coefficient (Wildman–Crippen LogP) is 25.2. The Morgan fingerprint density at radius 2 is 0.470 bits per heavy atom. The van der Waals surface area contributed by atoms with Crippen LogP contribution in [-0.4, -0.2) is 37.2 Å². The highest BCUT2D eigenvalue weighted by atomic mass is 16.6. The third-order valence-electron chi connectivity index (χ3n) is 16.2. The van der Waals surface area contributed by atoms with Gasteiger partial charge in [-0.05, 0) is 109 Å². The number of carbonyl (C=O) groups is 3. The number of unbranched alkanes of at least 4 members (excludes halogenated alkanes) is 44. The summed E-state index contributed by atoms with van der Waals surface area (Å²) in [5.74, 6) is -0.876. The second-order valence-corrected chi connectivity index (χ2v) is 24.5. The summed E-state index contributed by atoms with van der Waals surface area (Å²) in [7, 11) is 0. The van der Waals surface area contributed by atoms with Crippen molar-refractivity contribution < 1.29 is 28.6 Å². The molecule has 1 atom stereocenters. The van der Waals surface area contributed by atoms with E-state index in [9.17, 15) is 14.4 Å². The lowest BCUT2D eigenvalue weighted by Gasteiger charge is -2.18. The van der Waals surface area contributed by atoms with E-state index in [1.165, 1.54) is 238 Å². The van der Waals surface area contributed by atoms with Crippen LogP contribution >= 0.6 is 0 Å². The van der Waals surface area contributed by atoms with E-state index in [-0.39, 0.29) is 31.1 Å². The molecule has 6 nitrogen and oxygen atoms in total. The van der Waals surface area contributed by atoms with Crippen molar-refractivity contribution in [2.75, 3.05) is 13.2 Å². The van der Waals surface area contributed by atoms with Gasteiger partial charge in [-0.2, -0.15) is 0 Å². The fourth-order valence-electron chi connectivity index (χ4n) is 10.7. The van der Waals surface area contributed by atoms with E-state index in [1.807, 2.05) is 0 Å². The molecule has 0 heterocycles. The molecule has 83 heavy (non-hydrogen) atoms. The molecule has 0 aromatic heterocycles. The van der Waals surface area contributed by atoms with Gasteiger partial charge in [0.1, 0.15) is 13.2 Å². The van der Waals surface area contributed by atoms with E-state index < -0.39 is 6.10 Å². The zero-order valence-electron chi connectivity index (χ0n) is 55.5. The van der Waals surface area contributed by atoms with Crippen LogP contribution in [0.15, 0.2) is 72.9 Å². The smallest absolute Gasteiger partial charge is 0.306 e. The summed E-state index contributed by atoms with van der Waals surface area (Å²) in [6, 6.07) is 0. The maximum atomic E-state index is 13.0. The Kier molecular flexibility index (Phi) is 68.6. The van der Waals surface area contributed by atoms with Crippen molar-refractivity contribution in [3.05, 3.63) is 72.9 Å². The minimum atomic E-state index is -0.784. The highest BCUT2D eigenvalue weighted by Gasteiger charge is 2.19. The van der Waals surface area contributed by atoms with Gasteiger partial charge in [-0.25, -0.2) is 0 Å². The SMILES string of the molecule is CC/C=C\C/C=C\C/C=C\CCCCCCCC(=O)OCC(COC(=O)CCCCCCCCCCCCCCCCCCCCC/C=C\C/C=C\CCCCCCC)OC(=O)CCCCCCCCCCC/C=C\CCCCCCCC. The topological polar surface area (TPSA) is 78.9 Å². The fourth-order valence-corrected chi connectivity index (χ4v) is 10.7. The van der Waals surface area contributed by atoms with Gasteiger partial charge < -0.3 is 14.2 Å². The predicted molar refractivity (Wildman–Crippen MR) is 362 cm³/mol. The third-order valence-corrected chi connectivity index (χ3v) is 16.2. The molecule has 0 aliphatic carbocycles. The number of rotatable bonds is 67. The summed E-state index contributed by atoms with van der Waals surface area (Å²) >= 11 is 0. The van der Waals surface area contributed by atoms with E-state index in [4.69, 9.17) is 14.2 Å². The third kappa shape index (κ3) is 69.5. The monoisotopic (exact) mass is 1160 g/mol. The summed E-state index contributed by atoms with van der Waals surface area (Å²) < 4.78 is 17.0. The maximum absolute atomic E-state index is 13.0. The molecule has 0 spiro atoms. The summed E-state index contributed by atoms with van der Waals surface area (Å²) in [4.78, 5) is 38.5. The van der Waals surface area contributed by atoms with Crippen LogP contribution in [-0.2, 0) is 28.6 Å². The Labute approximate surface area is 516 Å². The van der Waals surface area contributed by atoms with E-state index in [2.05, 4.69) is 93.7 Å². The minimum Gasteiger partial charge on any atom is -0.462 e. The normalized spacial score (nSPS) is 12.5. The van der Waals surface area contributed by atoms with Crippen LogP contribution in [0.3, 0.4) is 0 Å². The van der Waals surface area contributed by atoms with E-state index in [1.54, 1.807) is 0 Å². The number of hydrogen-bond donors (Lipinski definition) is 0. The largest absolute Gasteiger partial charge is 0.462 e.